The van der Waals surface area contributed by atoms with Gasteiger partial charge in [-0.15, -0.1) is 0 Å². The molecule has 0 bridgehead atoms. The molecule has 0 heterocycles. The van der Waals surface area contributed by atoms with Gasteiger partial charge < -0.3 is 14.8 Å². The van der Waals surface area contributed by atoms with Gasteiger partial charge in [0, 0.05) is 23.0 Å². The summed E-state index contributed by atoms with van der Waals surface area (Å²) in [6.07, 6.45) is 0. The van der Waals surface area contributed by atoms with Gasteiger partial charge in [-0.1, -0.05) is 12.1 Å². The summed E-state index contributed by atoms with van der Waals surface area (Å²) in [5.41, 5.74) is 3.48. The zero-order valence-electron chi connectivity index (χ0n) is 17.7. The monoisotopic (exact) mass is 440 g/mol. The normalized spacial score (nSPS) is 11.0. The first kappa shape index (κ1) is 22.2. The molecular weight excluding hydrogens is 416 g/mol. The fourth-order valence-electron chi connectivity index (χ4n) is 2.95. The summed E-state index contributed by atoms with van der Waals surface area (Å²) in [6, 6.07) is 16.4. The van der Waals surface area contributed by atoms with E-state index in [1.165, 1.54) is 44.6 Å². The van der Waals surface area contributed by atoms with Crippen molar-refractivity contribution in [3.05, 3.63) is 77.4 Å². The van der Waals surface area contributed by atoms with Crippen LogP contribution >= 0.6 is 0 Å². The zero-order chi connectivity index (χ0) is 22.6. The van der Waals surface area contributed by atoms with Crippen LogP contribution in [0.3, 0.4) is 0 Å². The van der Waals surface area contributed by atoms with Gasteiger partial charge in [-0.25, -0.2) is 8.42 Å². The number of carbonyl (C=O) groups excluding carboxylic acids is 1. The Morgan fingerprint density at radius 2 is 1.52 bits per heavy atom. The van der Waals surface area contributed by atoms with Gasteiger partial charge in [-0.2, -0.15) is 0 Å². The van der Waals surface area contributed by atoms with Crippen molar-refractivity contribution in [1.82, 2.24) is 0 Å². The lowest BCUT2D eigenvalue weighted by Crippen LogP contribution is -2.15. The van der Waals surface area contributed by atoms with Crippen LogP contribution in [0.4, 0.5) is 11.4 Å². The number of anilines is 2. The fraction of sp³-hybridized carbons (Fsp3) is 0.174. The summed E-state index contributed by atoms with van der Waals surface area (Å²) < 4.78 is 38.2. The maximum Gasteiger partial charge on any atom is 0.262 e. The molecule has 0 fully saturated rings. The van der Waals surface area contributed by atoms with Crippen LogP contribution in [0, 0.1) is 13.8 Å². The number of nitrogens with one attached hydrogen (secondary N) is 2. The molecule has 7 nitrogen and oxygen atoms in total. The van der Waals surface area contributed by atoms with E-state index in [1.54, 1.807) is 12.1 Å². The maximum atomic E-state index is 12.7. The Balaban J connectivity index is 1.75. The first-order valence-corrected chi connectivity index (χ1v) is 11.0. The number of ether oxygens (including phenoxy) is 2. The smallest absolute Gasteiger partial charge is 0.262 e. The molecule has 3 rings (SSSR count). The molecule has 0 aromatic heterocycles. The molecule has 0 unspecified atom stereocenters. The Morgan fingerprint density at radius 1 is 0.839 bits per heavy atom. The van der Waals surface area contributed by atoms with E-state index in [0.717, 1.165) is 16.8 Å². The lowest BCUT2D eigenvalue weighted by molar-refractivity contribution is 0.102. The Hall–Kier alpha value is -3.52. The molecule has 8 heteroatoms. The molecular formula is C23H24N2O5S. The highest BCUT2D eigenvalue weighted by atomic mass is 32.2. The molecule has 2 N–H and O–H groups in total. The summed E-state index contributed by atoms with van der Waals surface area (Å²) in [7, 11) is -0.940. The van der Waals surface area contributed by atoms with Gasteiger partial charge in [0.1, 0.15) is 0 Å². The van der Waals surface area contributed by atoms with Gasteiger partial charge in [0.2, 0.25) is 0 Å². The van der Waals surface area contributed by atoms with Crippen molar-refractivity contribution in [3.63, 3.8) is 0 Å². The van der Waals surface area contributed by atoms with Crippen molar-refractivity contribution in [1.29, 1.82) is 0 Å². The summed E-state index contributed by atoms with van der Waals surface area (Å²) in [5.74, 6) is 0.465. The molecule has 1 amide bonds. The van der Waals surface area contributed by atoms with Gasteiger partial charge in [0.05, 0.1) is 19.1 Å². The molecule has 0 aliphatic rings. The predicted octanol–water partition coefficient (Wildman–Crippen LogP) is 4.37. The third-order valence-electron chi connectivity index (χ3n) is 4.71. The van der Waals surface area contributed by atoms with Crippen molar-refractivity contribution in [2.45, 2.75) is 18.7 Å². The van der Waals surface area contributed by atoms with Crippen molar-refractivity contribution < 1.29 is 22.7 Å². The molecule has 3 aromatic carbocycles. The average molecular weight is 441 g/mol. The van der Waals surface area contributed by atoms with E-state index in [-0.39, 0.29) is 10.8 Å². The number of hydrogen-bond donors (Lipinski definition) is 2. The number of hydrogen-bond acceptors (Lipinski definition) is 5. The van der Waals surface area contributed by atoms with Gasteiger partial charge in [0.15, 0.2) is 11.5 Å². The second-order valence-electron chi connectivity index (χ2n) is 6.97. The lowest BCUT2D eigenvalue weighted by atomic mass is 10.1. The third-order valence-corrected chi connectivity index (χ3v) is 6.08. The molecule has 31 heavy (non-hydrogen) atoms. The first-order chi connectivity index (χ1) is 14.7. The summed E-state index contributed by atoms with van der Waals surface area (Å²) in [5, 5.41) is 2.88. The number of aryl methyl sites for hydroxylation is 2. The number of amides is 1. The molecule has 0 spiro atoms. The number of rotatable bonds is 7. The zero-order valence-corrected chi connectivity index (χ0v) is 18.5. The Kier molecular flexibility index (Phi) is 6.50. The highest BCUT2D eigenvalue weighted by molar-refractivity contribution is 7.92. The minimum atomic E-state index is -3.85. The van der Waals surface area contributed by atoms with Crippen LogP contribution in [0.15, 0.2) is 65.6 Å². The first-order valence-electron chi connectivity index (χ1n) is 9.47. The van der Waals surface area contributed by atoms with E-state index in [9.17, 15) is 13.2 Å². The highest BCUT2D eigenvalue weighted by Crippen LogP contribution is 2.30. The Labute approximate surface area is 182 Å². The number of benzene rings is 3. The van der Waals surface area contributed by atoms with Crippen molar-refractivity contribution in [2.75, 3.05) is 24.3 Å². The molecule has 0 aliphatic carbocycles. The molecule has 0 aliphatic heterocycles. The SMILES string of the molecule is COc1ccc(S(=O)(=O)Nc2ccc(C(=O)Nc3cc(C)ccc3C)cc2)cc1OC. The second-order valence-corrected chi connectivity index (χ2v) is 8.65. The highest BCUT2D eigenvalue weighted by Gasteiger charge is 2.17. The van der Waals surface area contributed by atoms with E-state index in [1.807, 2.05) is 32.0 Å². The fourth-order valence-corrected chi connectivity index (χ4v) is 4.03. The van der Waals surface area contributed by atoms with E-state index in [4.69, 9.17) is 9.47 Å². The van der Waals surface area contributed by atoms with Crippen LogP contribution in [0.5, 0.6) is 11.5 Å². The maximum absolute atomic E-state index is 12.7. The molecule has 0 saturated heterocycles. The Morgan fingerprint density at radius 3 is 2.16 bits per heavy atom. The third kappa shape index (κ3) is 5.16. The van der Waals surface area contributed by atoms with Crippen molar-refractivity contribution in [3.8, 4) is 11.5 Å². The van der Waals surface area contributed by atoms with Gasteiger partial charge in [0.25, 0.3) is 15.9 Å². The summed E-state index contributed by atoms with van der Waals surface area (Å²) in [6.45, 7) is 3.87. The lowest BCUT2D eigenvalue weighted by Gasteiger charge is -2.12. The minimum absolute atomic E-state index is 0.0295. The van der Waals surface area contributed by atoms with Crippen molar-refractivity contribution >= 4 is 27.3 Å². The van der Waals surface area contributed by atoms with E-state index < -0.39 is 10.0 Å². The summed E-state index contributed by atoms with van der Waals surface area (Å²) in [4.78, 5) is 12.6. The van der Waals surface area contributed by atoms with E-state index in [2.05, 4.69) is 10.0 Å². The van der Waals surface area contributed by atoms with Gasteiger partial charge >= 0.3 is 0 Å². The van der Waals surface area contributed by atoms with Crippen LogP contribution in [0.25, 0.3) is 0 Å². The molecule has 0 saturated carbocycles. The topological polar surface area (TPSA) is 93.7 Å². The standard InChI is InChI=1S/C23H24N2O5S/c1-15-5-6-16(2)20(13-15)24-23(26)17-7-9-18(10-8-17)25-31(27,28)19-11-12-21(29-3)22(14-19)30-4/h5-14,25H,1-4H3,(H,24,26). The van der Waals surface area contributed by atoms with Crippen LogP contribution in [-0.4, -0.2) is 28.5 Å². The Bertz CT molecular complexity index is 1210. The molecule has 3 aromatic rings. The molecule has 162 valence electrons. The van der Waals surface area contributed by atoms with Crippen LogP contribution in [-0.2, 0) is 10.0 Å². The van der Waals surface area contributed by atoms with Crippen molar-refractivity contribution in [2.24, 2.45) is 0 Å². The molecule has 0 atom stereocenters. The number of sulfonamides is 1. The number of methoxy groups -OCH3 is 2. The van der Waals surface area contributed by atoms with E-state index >= 15 is 0 Å². The minimum Gasteiger partial charge on any atom is -0.493 e. The van der Waals surface area contributed by atoms with E-state index in [0.29, 0.717) is 22.7 Å². The average Bonchev–Trinajstić information content (AvgIpc) is 2.76. The van der Waals surface area contributed by atoms with Crippen LogP contribution in [0.1, 0.15) is 21.5 Å². The quantitative estimate of drug-likeness (QED) is 0.569. The van der Waals surface area contributed by atoms with Crippen LogP contribution in [0.2, 0.25) is 0 Å². The van der Waals surface area contributed by atoms with Gasteiger partial charge in [-0.3, -0.25) is 9.52 Å². The summed E-state index contributed by atoms with van der Waals surface area (Å²) >= 11 is 0. The van der Waals surface area contributed by atoms with Crippen LogP contribution < -0.4 is 19.5 Å². The predicted molar refractivity (Wildman–Crippen MR) is 121 cm³/mol. The van der Waals surface area contributed by atoms with Gasteiger partial charge in [-0.05, 0) is 67.4 Å². The molecule has 0 radical (unpaired) electrons. The second kappa shape index (κ2) is 9.09. The largest absolute Gasteiger partial charge is 0.493 e. The number of carbonyl (C=O) groups is 1.